The average molecular weight is 247 g/mol. The molecule has 0 bridgehead atoms. The number of benzene rings is 1. The topological polar surface area (TPSA) is 69.2 Å². The van der Waals surface area contributed by atoms with Gasteiger partial charge in [0.25, 0.3) is 0 Å². The summed E-state index contributed by atoms with van der Waals surface area (Å²) in [6, 6.07) is 7.92. The summed E-state index contributed by atoms with van der Waals surface area (Å²) in [6.45, 7) is 2.52. The lowest BCUT2D eigenvalue weighted by Gasteiger charge is -2.21. The molecule has 2 N–H and O–H groups in total. The molecule has 1 unspecified atom stereocenters. The Hall–Kier alpha value is -1.88. The van der Waals surface area contributed by atoms with Gasteiger partial charge in [-0.2, -0.15) is 0 Å². The van der Waals surface area contributed by atoms with E-state index in [0.717, 1.165) is 16.9 Å². The molecular weight excluding hydrogens is 230 g/mol. The van der Waals surface area contributed by atoms with Crippen molar-refractivity contribution in [3.63, 3.8) is 0 Å². The van der Waals surface area contributed by atoms with Crippen molar-refractivity contribution in [2.75, 3.05) is 13.6 Å². The molecule has 0 saturated carbocycles. The zero-order valence-electron chi connectivity index (χ0n) is 10.6. The highest BCUT2D eigenvalue weighted by atomic mass is 16.4. The van der Waals surface area contributed by atoms with E-state index in [1.165, 1.54) is 0 Å². The van der Waals surface area contributed by atoms with Gasteiger partial charge in [-0.3, -0.25) is 9.69 Å². The summed E-state index contributed by atoms with van der Waals surface area (Å²) >= 11 is 0. The number of fused-ring (bicyclic) bond motifs is 1. The van der Waals surface area contributed by atoms with E-state index >= 15 is 0 Å². The first-order valence-corrected chi connectivity index (χ1v) is 5.94. The first-order valence-electron chi connectivity index (χ1n) is 5.94. The van der Waals surface area contributed by atoms with Crippen LogP contribution in [-0.4, -0.2) is 39.5 Å². The van der Waals surface area contributed by atoms with Crippen LogP contribution in [0.1, 0.15) is 25.2 Å². The molecule has 18 heavy (non-hydrogen) atoms. The number of para-hydroxylation sites is 2. The summed E-state index contributed by atoms with van der Waals surface area (Å²) in [4.78, 5) is 20.3. The van der Waals surface area contributed by atoms with E-state index < -0.39 is 5.97 Å². The molecule has 5 heteroatoms. The summed E-state index contributed by atoms with van der Waals surface area (Å²) in [7, 11) is 1.90. The van der Waals surface area contributed by atoms with Gasteiger partial charge in [-0.05, 0) is 26.1 Å². The van der Waals surface area contributed by atoms with Crippen molar-refractivity contribution in [2.45, 2.75) is 19.4 Å². The number of imidazole rings is 1. The standard InChI is InChI=1S/C13H17N3O2/c1-9(16(2)8-7-12(17)18)13-14-10-5-3-4-6-11(10)15-13/h3-6,9H,7-8H2,1-2H3,(H,14,15)(H,17,18). The number of carbonyl (C=O) groups is 1. The molecule has 2 aromatic rings. The lowest BCUT2D eigenvalue weighted by atomic mass is 10.2. The zero-order valence-corrected chi connectivity index (χ0v) is 10.6. The fourth-order valence-electron chi connectivity index (χ4n) is 1.84. The van der Waals surface area contributed by atoms with Gasteiger partial charge in [0.05, 0.1) is 23.5 Å². The summed E-state index contributed by atoms with van der Waals surface area (Å²) in [5.41, 5.74) is 1.94. The Balaban J connectivity index is 2.12. The zero-order chi connectivity index (χ0) is 13.1. The van der Waals surface area contributed by atoms with E-state index in [1.807, 2.05) is 43.1 Å². The number of aliphatic carboxylic acids is 1. The highest BCUT2D eigenvalue weighted by Gasteiger charge is 2.16. The van der Waals surface area contributed by atoms with Crippen LogP contribution in [0.2, 0.25) is 0 Å². The van der Waals surface area contributed by atoms with Gasteiger partial charge in [0.2, 0.25) is 0 Å². The Morgan fingerprint density at radius 3 is 2.89 bits per heavy atom. The third-order valence-electron chi connectivity index (χ3n) is 3.14. The second-order valence-corrected chi connectivity index (χ2v) is 4.44. The van der Waals surface area contributed by atoms with Gasteiger partial charge in [0.1, 0.15) is 5.82 Å². The quantitative estimate of drug-likeness (QED) is 0.848. The van der Waals surface area contributed by atoms with E-state index in [1.54, 1.807) is 0 Å². The van der Waals surface area contributed by atoms with Crippen molar-refractivity contribution < 1.29 is 9.90 Å². The number of hydrogen-bond acceptors (Lipinski definition) is 3. The van der Waals surface area contributed by atoms with E-state index in [2.05, 4.69) is 9.97 Å². The number of aromatic nitrogens is 2. The van der Waals surface area contributed by atoms with Crippen LogP contribution in [0.25, 0.3) is 11.0 Å². The van der Waals surface area contributed by atoms with Crippen LogP contribution in [0.5, 0.6) is 0 Å². The Labute approximate surface area is 105 Å². The lowest BCUT2D eigenvalue weighted by Crippen LogP contribution is -2.25. The molecule has 0 saturated heterocycles. The van der Waals surface area contributed by atoms with Crippen molar-refractivity contribution >= 4 is 17.0 Å². The first-order chi connectivity index (χ1) is 8.58. The maximum atomic E-state index is 10.6. The highest BCUT2D eigenvalue weighted by molar-refractivity contribution is 5.74. The molecule has 0 aliphatic rings. The predicted octanol–water partition coefficient (Wildman–Crippen LogP) is 2.03. The molecule has 1 aromatic carbocycles. The average Bonchev–Trinajstić information content (AvgIpc) is 2.78. The van der Waals surface area contributed by atoms with Crippen molar-refractivity contribution in [1.82, 2.24) is 14.9 Å². The molecule has 1 heterocycles. The monoisotopic (exact) mass is 247 g/mol. The largest absolute Gasteiger partial charge is 0.481 e. The molecule has 0 spiro atoms. The van der Waals surface area contributed by atoms with Gasteiger partial charge in [0.15, 0.2) is 0 Å². The minimum absolute atomic E-state index is 0.0664. The van der Waals surface area contributed by atoms with Crippen LogP contribution < -0.4 is 0 Å². The summed E-state index contributed by atoms with van der Waals surface area (Å²) in [6.07, 6.45) is 0.140. The summed E-state index contributed by atoms with van der Waals surface area (Å²) in [5.74, 6) is 0.0859. The molecule has 2 rings (SSSR count). The Bertz CT molecular complexity index is 517. The summed E-state index contributed by atoms with van der Waals surface area (Å²) < 4.78 is 0. The van der Waals surface area contributed by atoms with E-state index in [0.29, 0.717) is 6.54 Å². The molecule has 0 aliphatic carbocycles. The molecule has 0 aliphatic heterocycles. The number of rotatable bonds is 5. The number of nitrogens with one attached hydrogen (secondary N) is 1. The Morgan fingerprint density at radius 1 is 1.50 bits per heavy atom. The van der Waals surface area contributed by atoms with Crippen LogP contribution in [0.3, 0.4) is 0 Å². The fourth-order valence-corrected chi connectivity index (χ4v) is 1.84. The number of nitrogens with zero attached hydrogens (tertiary/aromatic N) is 2. The van der Waals surface area contributed by atoms with E-state index in [4.69, 9.17) is 5.11 Å². The van der Waals surface area contributed by atoms with Gasteiger partial charge in [-0.15, -0.1) is 0 Å². The lowest BCUT2D eigenvalue weighted by molar-refractivity contribution is -0.137. The molecule has 1 aromatic heterocycles. The van der Waals surface area contributed by atoms with Crippen molar-refractivity contribution in [3.05, 3.63) is 30.1 Å². The third kappa shape index (κ3) is 2.68. The van der Waals surface area contributed by atoms with Crippen LogP contribution >= 0.6 is 0 Å². The molecule has 0 radical (unpaired) electrons. The van der Waals surface area contributed by atoms with Gasteiger partial charge < -0.3 is 10.1 Å². The SMILES string of the molecule is CC(c1nc2ccccc2[nH]1)N(C)CCC(=O)O. The number of carboxylic acid groups (broad SMARTS) is 1. The minimum Gasteiger partial charge on any atom is -0.481 e. The Kier molecular flexibility index (Phi) is 3.62. The highest BCUT2D eigenvalue weighted by Crippen LogP contribution is 2.19. The number of H-pyrrole nitrogens is 1. The molecule has 96 valence electrons. The van der Waals surface area contributed by atoms with Gasteiger partial charge in [-0.1, -0.05) is 12.1 Å². The van der Waals surface area contributed by atoms with Gasteiger partial charge >= 0.3 is 5.97 Å². The number of aromatic amines is 1. The van der Waals surface area contributed by atoms with E-state index in [9.17, 15) is 4.79 Å². The van der Waals surface area contributed by atoms with Crippen molar-refractivity contribution in [3.8, 4) is 0 Å². The molecule has 0 amide bonds. The van der Waals surface area contributed by atoms with Crippen LogP contribution in [0.15, 0.2) is 24.3 Å². The summed E-state index contributed by atoms with van der Waals surface area (Å²) in [5, 5.41) is 8.68. The maximum absolute atomic E-state index is 10.6. The van der Waals surface area contributed by atoms with Gasteiger partial charge in [-0.25, -0.2) is 4.98 Å². The number of carboxylic acids is 1. The van der Waals surface area contributed by atoms with Crippen LogP contribution in [-0.2, 0) is 4.79 Å². The third-order valence-corrected chi connectivity index (χ3v) is 3.14. The van der Waals surface area contributed by atoms with Crippen molar-refractivity contribution in [1.29, 1.82) is 0 Å². The fraction of sp³-hybridized carbons (Fsp3) is 0.385. The molecule has 5 nitrogen and oxygen atoms in total. The van der Waals surface area contributed by atoms with Gasteiger partial charge in [0, 0.05) is 6.54 Å². The minimum atomic E-state index is -0.779. The van der Waals surface area contributed by atoms with Crippen molar-refractivity contribution in [2.24, 2.45) is 0 Å². The molecule has 0 fully saturated rings. The second-order valence-electron chi connectivity index (χ2n) is 4.44. The maximum Gasteiger partial charge on any atom is 0.304 e. The molecule has 1 atom stereocenters. The predicted molar refractivity (Wildman–Crippen MR) is 69.4 cm³/mol. The first kappa shape index (κ1) is 12.6. The second kappa shape index (κ2) is 5.18. The number of hydrogen-bond donors (Lipinski definition) is 2. The van der Waals surface area contributed by atoms with Crippen LogP contribution in [0.4, 0.5) is 0 Å². The van der Waals surface area contributed by atoms with E-state index in [-0.39, 0.29) is 12.5 Å². The Morgan fingerprint density at radius 2 is 2.22 bits per heavy atom. The normalized spacial score (nSPS) is 13.1. The molecular formula is C13H17N3O2. The van der Waals surface area contributed by atoms with Crippen LogP contribution in [0, 0.1) is 0 Å². The smallest absolute Gasteiger partial charge is 0.304 e.